The Hall–Kier alpha value is -3.72. The molecule has 0 bridgehead atoms. The molecule has 0 aromatic heterocycles. The first kappa shape index (κ1) is 19.6. The highest BCUT2D eigenvalue weighted by Crippen LogP contribution is 2.26. The van der Waals surface area contributed by atoms with Crippen LogP contribution in [0.3, 0.4) is 0 Å². The summed E-state index contributed by atoms with van der Waals surface area (Å²) < 4.78 is 5.03. The second kappa shape index (κ2) is 9.11. The normalized spacial score (nSPS) is 11.2. The average molecular weight is 364 g/mol. The van der Waals surface area contributed by atoms with Gasteiger partial charge < -0.3 is 20.3 Å². The molecule has 0 heterocycles. The third-order valence-electron chi connectivity index (χ3n) is 3.88. The fraction of sp³-hybridized carbons (Fsp3) is 0.143. The summed E-state index contributed by atoms with van der Waals surface area (Å²) in [6, 6.07) is 11.9. The number of nitrogens with one attached hydrogen (secondary N) is 1. The van der Waals surface area contributed by atoms with Gasteiger partial charge in [0.05, 0.1) is 7.11 Å². The Bertz CT molecular complexity index is 940. The highest BCUT2D eigenvalue weighted by Gasteiger charge is 2.10. The minimum absolute atomic E-state index is 0.0293. The van der Waals surface area contributed by atoms with Crippen LogP contribution >= 0.6 is 0 Å². The summed E-state index contributed by atoms with van der Waals surface area (Å²) >= 11 is 0. The number of methoxy groups -OCH3 is 1. The summed E-state index contributed by atoms with van der Waals surface area (Å²) in [7, 11) is 1.45. The molecule has 1 amide bonds. The molecule has 2 rings (SSSR count). The van der Waals surface area contributed by atoms with Gasteiger partial charge in [-0.25, -0.2) is 0 Å². The quantitative estimate of drug-likeness (QED) is 0.415. The van der Waals surface area contributed by atoms with Crippen LogP contribution in [-0.4, -0.2) is 23.2 Å². The first-order valence-electron chi connectivity index (χ1n) is 8.17. The number of hydrogen-bond acceptors (Lipinski definition) is 5. The lowest BCUT2D eigenvalue weighted by Crippen LogP contribution is -2.24. The molecular formula is C21H20N2O4. The van der Waals surface area contributed by atoms with Gasteiger partial charge in [-0.05, 0) is 36.3 Å². The summed E-state index contributed by atoms with van der Waals surface area (Å²) in [5.74, 6) is -0.0492. The van der Waals surface area contributed by atoms with E-state index in [1.807, 2.05) is 6.07 Å². The van der Waals surface area contributed by atoms with Gasteiger partial charge in [-0.2, -0.15) is 5.26 Å². The van der Waals surface area contributed by atoms with Crippen LogP contribution in [-0.2, 0) is 11.3 Å². The molecule has 0 spiro atoms. The van der Waals surface area contributed by atoms with Crippen LogP contribution in [0.1, 0.15) is 16.7 Å². The summed E-state index contributed by atoms with van der Waals surface area (Å²) in [5.41, 5.74) is 1.96. The van der Waals surface area contributed by atoms with Crippen molar-refractivity contribution in [2.45, 2.75) is 13.5 Å². The Kier molecular flexibility index (Phi) is 6.61. The first-order chi connectivity index (χ1) is 13.0. The van der Waals surface area contributed by atoms with Crippen molar-refractivity contribution < 1.29 is 19.7 Å². The molecule has 0 unspecified atom stereocenters. The fourth-order valence-electron chi connectivity index (χ4n) is 2.35. The number of phenols is 2. The van der Waals surface area contributed by atoms with Crippen molar-refractivity contribution in [3.05, 3.63) is 70.8 Å². The number of rotatable bonds is 6. The van der Waals surface area contributed by atoms with Gasteiger partial charge in [-0.3, -0.25) is 4.79 Å². The van der Waals surface area contributed by atoms with Crippen molar-refractivity contribution in [2.24, 2.45) is 0 Å². The van der Waals surface area contributed by atoms with Crippen molar-refractivity contribution in [2.75, 3.05) is 7.11 Å². The van der Waals surface area contributed by atoms with E-state index in [0.717, 1.165) is 5.56 Å². The number of carbonyl (C=O) groups excluding carboxylic acids is 1. The third-order valence-corrected chi connectivity index (χ3v) is 3.88. The third kappa shape index (κ3) is 5.13. The Balaban J connectivity index is 2.05. The molecule has 6 nitrogen and oxygen atoms in total. The molecule has 0 saturated carbocycles. The van der Waals surface area contributed by atoms with E-state index in [9.17, 15) is 20.3 Å². The van der Waals surface area contributed by atoms with E-state index in [1.165, 1.54) is 19.3 Å². The van der Waals surface area contributed by atoms with E-state index in [-0.39, 0.29) is 23.6 Å². The van der Waals surface area contributed by atoms with E-state index >= 15 is 0 Å². The maximum Gasteiger partial charge on any atom is 0.262 e. The van der Waals surface area contributed by atoms with Crippen LogP contribution in [0.4, 0.5) is 0 Å². The number of para-hydroxylation sites is 1. The van der Waals surface area contributed by atoms with Crippen molar-refractivity contribution in [3.8, 4) is 23.3 Å². The lowest BCUT2D eigenvalue weighted by atomic mass is 10.1. The number of carbonyl (C=O) groups is 1. The van der Waals surface area contributed by atoms with E-state index in [0.29, 0.717) is 16.9 Å². The maximum atomic E-state index is 12.2. The van der Waals surface area contributed by atoms with E-state index in [1.54, 1.807) is 49.4 Å². The van der Waals surface area contributed by atoms with Crippen LogP contribution < -0.4 is 10.1 Å². The molecule has 2 aromatic carbocycles. The van der Waals surface area contributed by atoms with Gasteiger partial charge in [0.25, 0.3) is 5.91 Å². The number of hydrogen-bond donors (Lipinski definition) is 3. The van der Waals surface area contributed by atoms with Crippen molar-refractivity contribution >= 4 is 12.0 Å². The number of aromatic hydroxyl groups is 2. The molecule has 0 fully saturated rings. The van der Waals surface area contributed by atoms with Gasteiger partial charge in [0.2, 0.25) is 0 Å². The minimum Gasteiger partial charge on any atom is -0.507 e. The van der Waals surface area contributed by atoms with Gasteiger partial charge in [-0.15, -0.1) is 0 Å². The molecule has 0 atom stereocenters. The SMILES string of the molecule is COc1cc(/C=C/C=C(\C#N)C(=O)NCc2cccc(C)c2O)ccc1O. The Morgan fingerprint density at radius 1 is 1.30 bits per heavy atom. The summed E-state index contributed by atoms with van der Waals surface area (Å²) in [4.78, 5) is 12.2. The fourth-order valence-corrected chi connectivity index (χ4v) is 2.35. The monoisotopic (exact) mass is 364 g/mol. The number of amides is 1. The number of aryl methyl sites for hydroxylation is 1. The zero-order valence-electron chi connectivity index (χ0n) is 15.1. The van der Waals surface area contributed by atoms with E-state index < -0.39 is 5.91 Å². The maximum absolute atomic E-state index is 12.2. The van der Waals surface area contributed by atoms with E-state index in [4.69, 9.17) is 4.74 Å². The number of allylic oxidation sites excluding steroid dienone is 2. The molecule has 0 aliphatic rings. The van der Waals surface area contributed by atoms with Gasteiger partial charge in [0.15, 0.2) is 11.5 Å². The molecule has 2 aromatic rings. The second-order valence-corrected chi connectivity index (χ2v) is 5.75. The Labute approximate surface area is 157 Å². The number of benzene rings is 2. The van der Waals surface area contributed by atoms with Crippen LogP contribution in [0.25, 0.3) is 6.08 Å². The molecule has 0 saturated heterocycles. The highest BCUT2D eigenvalue weighted by molar-refractivity contribution is 5.97. The molecule has 138 valence electrons. The molecule has 6 heteroatoms. The average Bonchev–Trinajstić information content (AvgIpc) is 2.67. The number of nitrogens with zero attached hydrogens (tertiary/aromatic N) is 1. The van der Waals surface area contributed by atoms with Gasteiger partial charge in [-0.1, -0.05) is 36.4 Å². The van der Waals surface area contributed by atoms with Crippen molar-refractivity contribution in [3.63, 3.8) is 0 Å². The predicted molar refractivity (Wildman–Crippen MR) is 102 cm³/mol. The lowest BCUT2D eigenvalue weighted by molar-refractivity contribution is -0.117. The van der Waals surface area contributed by atoms with Crippen LogP contribution in [0.15, 0.2) is 54.1 Å². The molecule has 0 radical (unpaired) electrons. The smallest absolute Gasteiger partial charge is 0.262 e. The topological polar surface area (TPSA) is 103 Å². The largest absolute Gasteiger partial charge is 0.507 e. The molecule has 27 heavy (non-hydrogen) atoms. The number of nitriles is 1. The Morgan fingerprint density at radius 2 is 2.07 bits per heavy atom. The highest BCUT2D eigenvalue weighted by atomic mass is 16.5. The van der Waals surface area contributed by atoms with Gasteiger partial charge in [0.1, 0.15) is 17.4 Å². The summed E-state index contributed by atoms with van der Waals surface area (Å²) in [5, 5.41) is 31.3. The number of ether oxygens (including phenoxy) is 1. The minimum atomic E-state index is -0.536. The zero-order chi connectivity index (χ0) is 19.8. The number of phenolic OH excluding ortho intramolecular Hbond substituents is 2. The summed E-state index contributed by atoms with van der Waals surface area (Å²) in [6.45, 7) is 1.88. The van der Waals surface area contributed by atoms with Crippen LogP contribution in [0.5, 0.6) is 17.2 Å². The van der Waals surface area contributed by atoms with Gasteiger partial charge in [0, 0.05) is 12.1 Å². The van der Waals surface area contributed by atoms with Crippen LogP contribution in [0, 0.1) is 18.3 Å². The van der Waals surface area contributed by atoms with Crippen molar-refractivity contribution in [1.29, 1.82) is 5.26 Å². The van der Waals surface area contributed by atoms with E-state index in [2.05, 4.69) is 5.32 Å². The molecular weight excluding hydrogens is 344 g/mol. The molecule has 0 aliphatic carbocycles. The first-order valence-corrected chi connectivity index (χ1v) is 8.17. The van der Waals surface area contributed by atoms with Crippen LogP contribution in [0.2, 0.25) is 0 Å². The predicted octanol–water partition coefficient (Wildman–Crippen LogP) is 3.19. The lowest BCUT2D eigenvalue weighted by Gasteiger charge is -2.08. The van der Waals surface area contributed by atoms with Crippen molar-refractivity contribution in [1.82, 2.24) is 5.32 Å². The zero-order valence-corrected chi connectivity index (χ0v) is 15.1. The molecule has 3 N–H and O–H groups in total. The second-order valence-electron chi connectivity index (χ2n) is 5.75. The van der Waals surface area contributed by atoms with Gasteiger partial charge >= 0.3 is 0 Å². The molecule has 0 aliphatic heterocycles. The Morgan fingerprint density at radius 3 is 2.78 bits per heavy atom. The summed E-state index contributed by atoms with van der Waals surface area (Å²) in [6.07, 6.45) is 4.64. The standard InChI is InChI=1S/C21H20N2O4/c1-14-5-3-8-17(20(14)25)13-23-21(26)16(12-22)7-4-6-15-9-10-18(24)19(11-15)27-2/h3-11,24-25H,13H2,1-2H3,(H,23,26)/b6-4+,16-7+.